The van der Waals surface area contributed by atoms with E-state index in [1.165, 1.54) is 7.11 Å². The van der Waals surface area contributed by atoms with Gasteiger partial charge < -0.3 is 24.8 Å². The van der Waals surface area contributed by atoms with Gasteiger partial charge in [-0.15, -0.1) is 0 Å². The number of methoxy groups -OCH3 is 1. The molecule has 3 N–H and O–H groups in total. The Morgan fingerprint density at radius 1 is 1.45 bits per heavy atom. The molecule has 0 aromatic carbocycles. The van der Waals surface area contributed by atoms with Gasteiger partial charge in [0.15, 0.2) is 17.0 Å². The van der Waals surface area contributed by atoms with E-state index in [0.717, 1.165) is 6.08 Å². The minimum absolute atomic E-state index is 0.0555. The van der Waals surface area contributed by atoms with E-state index in [4.69, 9.17) is 4.74 Å². The Hall–Kier alpha value is -3.70. The van der Waals surface area contributed by atoms with Crippen molar-refractivity contribution in [1.82, 2.24) is 35.0 Å². The normalized spacial score (nSPS) is 18.8. The van der Waals surface area contributed by atoms with Crippen molar-refractivity contribution in [2.24, 2.45) is 7.05 Å². The molecule has 1 amide bonds. The van der Waals surface area contributed by atoms with Gasteiger partial charge in [0.1, 0.15) is 11.9 Å². The zero-order valence-electron chi connectivity index (χ0n) is 15.9. The molecule has 2 atom stereocenters. The van der Waals surface area contributed by atoms with Crippen LogP contribution in [0.15, 0.2) is 25.2 Å². The maximum absolute atomic E-state index is 14.4. The first kappa shape index (κ1) is 18.7. The lowest BCUT2D eigenvalue weighted by Crippen LogP contribution is -2.40. The van der Waals surface area contributed by atoms with E-state index in [-0.39, 0.29) is 13.1 Å². The topological polar surface area (TPSA) is 126 Å². The number of carbonyl (C=O) groups excluding carboxylic acids is 1. The van der Waals surface area contributed by atoms with E-state index in [0.29, 0.717) is 34.5 Å². The number of amides is 1. The molecule has 0 spiro atoms. The fourth-order valence-electron chi connectivity index (χ4n) is 3.18. The summed E-state index contributed by atoms with van der Waals surface area (Å²) in [5.74, 6) is 0.770. The van der Waals surface area contributed by atoms with E-state index in [1.54, 1.807) is 22.0 Å². The number of carbonyl (C=O) groups is 1. The number of alkyl halides is 1. The summed E-state index contributed by atoms with van der Waals surface area (Å²) in [7, 11) is 3.33. The molecule has 0 unspecified atom stereocenters. The maximum Gasteiger partial charge on any atom is 0.243 e. The molecule has 3 aromatic heterocycles. The number of aryl methyl sites for hydroxylation is 1. The minimum atomic E-state index is -1.25. The van der Waals surface area contributed by atoms with Crippen molar-refractivity contribution in [3.8, 4) is 5.88 Å². The Labute approximate surface area is 165 Å². The number of hydrogen-bond acceptors (Lipinski definition) is 8. The zero-order valence-corrected chi connectivity index (χ0v) is 15.9. The summed E-state index contributed by atoms with van der Waals surface area (Å²) < 4.78 is 21.4. The molecule has 4 rings (SSSR count). The molecule has 0 bridgehead atoms. The van der Waals surface area contributed by atoms with Crippen molar-refractivity contribution in [3.05, 3.63) is 25.2 Å². The third-order valence-electron chi connectivity index (χ3n) is 4.65. The average Bonchev–Trinajstić information content (AvgIpc) is 3.41. The fourth-order valence-corrected chi connectivity index (χ4v) is 3.18. The van der Waals surface area contributed by atoms with Gasteiger partial charge in [0, 0.05) is 13.6 Å². The average molecular weight is 401 g/mol. The molecule has 11 nitrogen and oxygen atoms in total. The highest BCUT2D eigenvalue weighted by Crippen LogP contribution is 2.30. The summed E-state index contributed by atoms with van der Waals surface area (Å²) in [6.45, 7) is 3.69. The first-order chi connectivity index (χ1) is 14.0. The van der Waals surface area contributed by atoms with Gasteiger partial charge in [-0.1, -0.05) is 6.58 Å². The minimum Gasteiger partial charge on any atom is -0.480 e. The Kier molecular flexibility index (Phi) is 4.74. The number of aromatic nitrogens is 6. The molecule has 29 heavy (non-hydrogen) atoms. The Bertz CT molecular complexity index is 1060. The number of hydrogen-bond donors (Lipinski definition) is 3. The smallest absolute Gasteiger partial charge is 0.243 e. The molecule has 1 aliphatic rings. The van der Waals surface area contributed by atoms with Crippen LogP contribution in [0.3, 0.4) is 0 Å². The monoisotopic (exact) mass is 401 g/mol. The highest BCUT2D eigenvalue weighted by atomic mass is 19.1. The summed E-state index contributed by atoms with van der Waals surface area (Å²) in [6, 6.07) is -0.670. The second kappa shape index (κ2) is 7.37. The largest absolute Gasteiger partial charge is 0.480 e. The highest BCUT2D eigenvalue weighted by Gasteiger charge is 2.35. The molecular weight excluding hydrogens is 381 g/mol. The van der Waals surface area contributed by atoms with Crippen LogP contribution in [0.2, 0.25) is 0 Å². The standard InChI is InChI=1S/C17H20FN9O2/c1-4-12(28)21-11-7-27(6-9(11)18)17-23-14(13-15(24-17)26(2)8-19-13)22-10-5-20-25-16(10)29-3/h4-5,8-9,11H,1,6-7H2,2-3H3,(H,20,25)(H,21,28)(H,22,23,24)/t9-,11-/m1/s1. The Balaban J connectivity index is 1.68. The van der Waals surface area contributed by atoms with Gasteiger partial charge in [0.25, 0.3) is 0 Å². The van der Waals surface area contributed by atoms with Crippen molar-refractivity contribution in [2.45, 2.75) is 12.2 Å². The van der Waals surface area contributed by atoms with Crippen molar-refractivity contribution in [2.75, 3.05) is 30.4 Å². The highest BCUT2D eigenvalue weighted by molar-refractivity contribution is 5.88. The van der Waals surface area contributed by atoms with E-state index in [1.807, 2.05) is 7.05 Å². The quantitative estimate of drug-likeness (QED) is 0.515. The van der Waals surface area contributed by atoms with E-state index in [9.17, 15) is 9.18 Å². The van der Waals surface area contributed by atoms with Crippen LogP contribution < -0.4 is 20.3 Å². The summed E-state index contributed by atoms with van der Waals surface area (Å²) in [6.07, 6.45) is 3.04. The van der Waals surface area contributed by atoms with E-state index < -0.39 is 18.1 Å². The summed E-state index contributed by atoms with van der Waals surface area (Å²) in [4.78, 5) is 26.7. The number of aromatic amines is 1. The van der Waals surface area contributed by atoms with Crippen LogP contribution in [-0.2, 0) is 11.8 Å². The van der Waals surface area contributed by atoms with Crippen LogP contribution >= 0.6 is 0 Å². The van der Waals surface area contributed by atoms with Gasteiger partial charge in [-0.3, -0.25) is 4.79 Å². The molecule has 1 saturated heterocycles. The first-order valence-electron chi connectivity index (χ1n) is 8.85. The predicted molar refractivity (Wildman–Crippen MR) is 104 cm³/mol. The maximum atomic E-state index is 14.4. The number of nitrogens with zero attached hydrogens (tertiary/aromatic N) is 6. The van der Waals surface area contributed by atoms with Gasteiger partial charge in [-0.2, -0.15) is 15.1 Å². The lowest BCUT2D eigenvalue weighted by Gasteiger charge is -2.17. The second-order valence-electron chi connectivity index (χ2n) is 6.58. The van der Waals surface area contributed by atoms with Gasteiger partial charge in [-0.05, 0) is 6.08 Å². The molecule has 1 fully saturated rings. The second-order valence-corrected chi connectivity index (χ2v) is 6.58. The van der Waals surface area contributed by atoms with E-state index in [2.05, 4.69) is 42.4 Å². The molecule has 4 heterocycles. The summed E-state index contributed by atoms with van der Waals surface area (Å²) in [5.41, 5.74) is 1.70. The van der Waals surface area contributed by atoms with Crippen molar-refractivity contribution < 1.29 is 13.9 Å². The molecule has 152 valence electrons. The van der Waals surface area contributed by atoms with Crippen molar-refractivity contribution >= 4 is 34.5 Å². The Morgan fingerprint density at radius 2 is 2.28 bits per heavy atom. The fraction of sp³-hybridized carbons (Fsp3) is 0.353. The number of ether oxygens (including phenoxy) is 1. The van der Waals surface area contributed by atoms with Gasteiger partial charge in [0.2, 0.25) is 17.7 Å². The third kappa shape index (κ3) is 3.44. The third-order valence-corrected chi connectivity index (χ3v) is 4.65. The first-order valence-corrected chi connectivity index (χ1v) is 8.85. The molecule has 0 aliphatic carbocycles. The van der Waals surface area contributed by atoms with Crippen LogP contribution in [0, 0.1) is 0 Å². The van der Waals surface area contributed by atoms with Crippen molar-refractivity contribution in [1.29, 1.82) is 0 Å². The van der Waals surface area contributed by atoms with Crippen LogP contribution in [0.1, 0.15) is 0 Å². The molecular formula is C17H20FN9O2. The van der Waals surface area contributed by atoms with Gasteiger partial charge >= 0.3 is 0 Å². The van der Waals surface area contributed by atoms with Gasteiger partial charge in [0.05, 0.1) is 32.2 Å². The number of nitrogens with one attached hydrogen (secondary N) is 3. The Morgan fingerprint density at radius 3 is 3.03 bits per heavy atom. The SMILES string of the molecule is C=CC(=O)N[C@@H]1CN(c2nc(Nc3cn[nH]c3OC)c3ncn(C)c3n2)C[C@H]1F. The molecule has 0 radical (unpaired) electrons. The lowest BCUT2D eigenvalue weighted by molar-refractivity contribution is -0.117. The van der Waals surface area contributed by atoms with Gasteiger partial charge in [-0.25, -0.2) is 14.5 Å². The number of halogens is 1. The predicted octanol–water partition coefficient (Wildman–Crippen LogP) is 0.667. The van der Waals surface area contributed by atoms with E-state index >= 15 is 0 Å². The van der Waals surface area contributed by atoms with Crippen LogP contribution in [0.25, 0.3) is 11.2 Å². The summed E-state index contributed by atoms with van der Waals surface area (Å²) in [5, 5.41) is 12.4. The van der Waals surface area contributed by atoms with Crippen LogP contribution in [0.5, 0.6) is 5.88 Å². The molecule has 1 aliphatic heterocycles. The molecule has 12 heteroatoms. The number of rotatable bonds is 6. The zero-order chi connectivity index (χ0) is 20.5. The number of anilines is 3. The lowest BCUT2D eigenvalue weighted by atomic mass is 10.2. The van der Waals surface area contributed by atoms with Crippen LogP contribution in [0.4, 0.5) is 21.8 Å². The van der Waals surface area contributed by atoms with Crippen molar-refractivity contribution in [3.63, 3.8) is 0 Å². The molecule has 0 saturated carbocycles. The summed E-state index contributed by atoms with van der Waals surface area (Å²) >= 11 is 0. The van der Waals surface area contributed by atoms with Crippen LogP contribution in [-0.4, -0.2) is 68.0 Å². The number of H-pyrrole nitrogens is 1. The number of fused-ring (bicyclic) bond motifs is 1. The molecule has 3 aromatic rings. The number of imidazole rings is 1.